The number of carbonyl (C=O) groups excluding carboxylic acids is 1. The van der Waals surface area contributed by atoms with E-state index in [1.807, 2.05) is 42.5 Å². The summed E-state index contributed by atoms with van der Waals surface area (Å²) in [6.45, 7) is 3.12. The van der Waals surface area contributed by atoms with Gasteiger partial charge < -0.3 is 15.0 Å². The molecule has 5 nitrogen and oxygen atoms in total. The molecule has 0 saturated carbocycles. The number of anilines is 2. The van der Waals surface area contributed by atoms with Gasteiger partial charge in [0.15, 0.2) is 4.34 Å². The summed E-state index contributed by atoms with van der Waals surface area (Å²) in [4.78, 5) is 19.2. The fourth-order valence-corrected chi connectivity index (χ4v) is 4.75. The molecule has 0 radical (unpaired) electrons. The highest BCUT2D eigenvalue weighted by Gasteiger charge is 2.16. The van der Waals surface area contributed by atoms with Crippen LogP contribution in [0.25, 0.3) is 10.2 Å². The van der Waals surface area contributed by atoms with Gasteiger partial charge in [-0.3, -0.25) is 4.79 Å². The highest BCUT2D eigenvalue weighted by molar-refractivity contribution is 8.01. The average molecular weight is 386 g/mol. The first-order valence-corrected chi connectivity index (χ1v) is 10.3. The molecule has 2 heterocycles. The summed E-state index contributed by atoms with van der Waals surface area (Å²) >= 11 is 3.10. The van der Waals surface area contributed by atoms with Gasteiger partial charge in [0.05, 0.1) is 40.6 Å². The number of morpholine rings is 1. The number of amides is 1. The second-order valence-electron chi connectivity index (χ2n) is 5.90. The zero-order valence-electron chi connectivity index (χ0n) is 14.2. The number of hydrogen-bond acceptors (Lipinski definition) is 6. The molecule has 1 amide bonds. The molecule has 4 rings (SSSR count). The van der Waals surface area contributed by atoms with Crippen LogP contribution in [-0.2, 0) is 9.53 Å². The summed E-state index contributed by atoms with van der Waals surface area (Å²) in [6, 6.07) is 16.0. The van der Waals surface area contributed by atoms with Crippen LogP contribution >= 0.6 is 23.1 Å². The predicted molar refractivity (Wildman–Crippen MR) is 108 cm³/mol. The van der Waals surface area contributed by atoms with Crippen LogP contribution in [0.15, 0.2) is 52.9 Å². The van der Waals surface area contributed by atoms with Crippen LogP contribution in [0.4, 0.5) is 11.4 Å². The second kappa shape index (κ2) is 8.07. The van der Waals surface area contributed by atoms with E-state index >= 15 is 0 Å². The van der Waals surface area contributed by atoms with Crippen molar-refractivity contribution in [3.8, 4) is 0 Å². The average Bonchev–Trinajstić information content (AvgIpc) is 3.11. The lowest BCUT2D eigenvalue weighted by Gasteiger charge is -2.30. The Hall–Kier alpha value is -2.09. The Kier molecular flexibility index (Phi) is 5.38. The van der Waals surface area contributed by atoms with Gasteiger partial charge in [-0.2, -0.15) is 0 Å². The summed E-state index contributed by atoms with van der Waals surface area (Å²) in [7, 11) is 0. The number of benzene rings is 2. The first kappa shape index (κ1) is 17.3. The van der Waals surface area contributed by atoms with Gasteiger partial charge in [-0.25, -0.2) is 4.98 Å². The summed E-state index contributed by atoms with van der Waals surface area (Å²) < 4.78 is 7.48. The first-order chi connectivity index (χ1) is 12.8. The largest absolute Gasteiger partial charge is 0.378 e. The predicted octanol–water partition coefficient (Wildman–Crippen LogP) is 3.86. The molecule has 1 aliphatic rings. The Balaban J connectivity index is 1.40. The first-order valence-electron chi connectivity index (χ1n) is 8.49. The van der Waals surface area contributed by atoms with Crippen molar-refractivity contribution in [1.82, 2.24) is 4.98 Å². The van der Waals surface area contributed by atoms with Gasteiger partial charge in [-0.05, 0) is 24.3 Å². The molecule has 0 unspecified atom stereocenters. The SMILES string of the molecule is O=C(CSc1nc2ccccc2s1)Nc1ccccc1N1CCOCC1. The molecule has 1 saturated heterocycles. The Bertz CT molecular complexity index is 873. The minimum absolute atomic E-state index is 0.0186. The van der Waals surface area contributed by atoms with Crippen molar-refractivity contribution in [1.29, 1.82) is 0 Å². The number of nitrogens with one attached hydrogen (secondary N) is 1. The Labute approximate surface area is 160 Å². The summed E-state index contributed by atoms with van der Waals surface area (Å²) in [5.74, 6) is 0.326. The maximum atomic E-state index is 12.4. The Morgan fingerprint density at radius 1 is 1.15 bits per heavy atom. The van der Waals surface area contributed by atoms with Crippen molar-refractivity contribution in [3.63, 3.8) is 0 Å². The molecule has 7 heteroatoms. The molecule has 3 aromatic rings. The van der Waals surface area contributed by atoms with Gasteiger partial charge in [0.1, 0.15) is 0 Å². The van der Waals surface area contributed by atoms with E-state index in [4.69, 9.17) is 4.74 Å². The van der Waals surface area contributed by atoms with Gasteiger partial charge in [-0.1, -0.05) is 36.0 Å². The fourth-order valence-electron chi connectivity index (χ4n) is 2.89. The van der Waals surface area contributed by atoms with Crippen molar-refractivity contribution in [2.75, 3.05) is 42.3 Å². The molecule has 26 heavy (non-hydrogen) atoms. The van der Waals surface area contributed by atoms with Crippen molar-refractivity contribution >= 4 is 50.6 Å². The van der Waals surface area contributed by atoms with Crippen LogP contribution in [0.5, 0.6) is 0 Å². The van der Waals surface area contributed by atoms with E-state index < -0.39 is 0 Å². The summed E-state index contributed by atoms with van der Waals surface area (Å²) in [5, 5.41) is 3.05. The van der Waals surface area contributed by atoms with E-state index in [9.17, 15) is 4.79 Å². The monoisotopic (exact) mass is 385 g/mol. The Morgan fingerprint density at radius 2 is 1.92 bits per heavy atom. The molecule has 1 aliphatic heterocycles. The highest BCUT2D eigenvalue weighted by atomic mass is 32.2. The van der Waals surface area contributed by atoms with E-state index in [2.05, 4.69) is 21.3 Å². The van der Waals surface area contributed by atoms with E-state index in [1.165, 1.54) is 11.8 Å². The number of aromatic nitrogens is 1. The number of carbonyl (C=O) groups is 1. The lowest BCUT2D eigenvalue weighted by molar-refractivity contribution is -0.113. The molecule has 1 N–H and O–H groups in total. The van der Waals surface area contributed by atoms with Crippen LogP contribution in [0.3, 0.4) is 0 Å². The molecule has 0 atom stereocenters. The van der Waals surface area contributed by atoms with Crippen molar-refractivity contribution in [2.45, 2.75) is 4.34 Å². The van der Waals surface area contributed by atoms with Crippen LogP contribution in [0.1, 0.15) is 0 Å². The second-order valence-corrected chi connectivity index (χ2v) is 8.15. The number of para-hydroxylation sites is 3. The lowest BCUT2D eigenvalue weighted by atomic mass is 10.2. The molecular weight excluding hydrogens is 366 g/mol. The maximum absolute atomic E-state index is 12.4. The van der Waals surface area contributed by atoms with E-state index in [0.29, 0.717) is 5.75 Å². The number of hydrogen-bond donors (Lipinski definition) is 1. The van der Waals surface area contributed by atoms with Crippen molar-refractivity contribution in [3.05, 3.63) is 48.5 Å². The molecule has 0 spiro atoms. The topological polar surface area (TPSA) is 54.5 Å². The van der Waals surface area contributed by atoms with Crippen molar-refractivity contribution < 1.29 is 9.53 Å². The molecule has 1 aromatic heterocycles. The molecule has 2 aromatic carbocycles. The number of thioether (sulfide) groups is 1. The normalized spacial score (nSPS) is 14.5. The highest BCUT2D eigenvalue weighted by Crippen LogP contribution is 2.30. The quantitative estimate of drug-likeness (QED) is 0.676. The Morgan fingerprint density at radius 3 is 2.77 bits per heavy atom. The third kappa shape index (κ3) is 4.00. The number of rotatable bonds is 5. The standard InChI is InChI=1S/C19H19N3O2S2/c23-18(13-25-19-21-15-6-2-4-8-17(15)26-19)20-14-5-1-3-7-16(14)22-9-11-24-12-10-22/h1-8H,9-13H2,(H,20,23). The number of ether oxygens (including phenoxy) is 1. The van der Waals surface area contributed by atoms with Gasteiger partial charge in [0, 0.05) is 13.1 Å². The summed E-state index contributed by atoms with van der Waals surface area (Å²) in [6.07, 6.45) is 0. The van der Waals surface area contributed by atoms with Crippen molar-refractivity contribution in [2.24, 2.45) is 0 Å². The van der Waals surface area contributed by atoms with Gasteiger partial charge in [0.25, 0.3) is 0 Å². The third-order valence-corrected chi connectivity index (χ3v) is 6.31. The van der Waals surface area contributed by atoms with Crippen LogP contribution in [0.2, 0.25) is 0 Å². The number of nitrogens with zero attached hydrogens (tertiary/aromatic N) is 2. The van der Waals surface area contributed by atoms with Gasteiger partial charge in [0.2, 0.25) is 5.91 Å². The fraction of sp³-hybridized carbons (Fsp3) is 0.263. The minimum atomic E-state index is -0.0186. The molecule has 1 fully saturated rings. The van der Waals surface area contributed by atoms with Crippen LogP contribution < -0.4 is 10.2 Å². The molecule has 134 valence electrons. The van der Waals surface area contributed by atoms with E-state index in [1.54, 1.807) is 11.3 Å². The zero-order chi connectivity index (χ0) is 17.8. The minimum Gasteiger partial charge on any atom is -0.378 e. The smallest absolute Gasteiger partial charge is 0.234 e. The number of fused-ring (bicyclic) bond motifs is 1. The maximum Gasteiger partial charge on any atom is 0.234 e. The lowest BCUT2D eigenvalue weighted by Crippen LogP contribution is -2.36. The van der Waals surface area contributed by atoms with E-state index in [-0.39, 0.29) is 5.91 Å². The van der Waals surface area contributed by atoms with Crippen LogP contribution in [0, 0.1) is 0 Å². The van der Waals surface area contributed by atoms with Gasteiger partial charge >= 0.3 is 0 Å². The summed E-state index contributed by atoms with van der Waals surface area (Å²) in [5.41, 5.74) is 2.89. The van der Waals surface area contributed by atoms with Gasteiger partial charge in [-0.15, -0.1) is 11.3 Å². The third-order valence-electron chi connectivity index (χ3n) is 4.13. The van der Waals surface area contributed by atoms with E-state index in [0.717, 1.165) is 52.2 Å². The van der Waals surface area contributed by atoms with Crippen LogP contribution in [-0.4, -0.2) is 42.9 Å². The molecule has 0 aliphatic carbocycles. The molecular formula is C19H19N3O2S2. The molecule has 0 bridgehead atoms. The number of thiazole rings is 1. The zero-order valence-corrected chi connectivity index (χ0v) is 15.8.